The molecule has 2 atom stereocenters. The highest BCUT2D eigenvalue weighted by Crippen LogP contribution is 2.31. The van der Waals surface area contributed by atoms with Crippen molar-refractivity contribution in [1.29, 1.82) is 5.41 Å². The number of rotatable bonds is 6. The maximum Gasteiger partial charge on any atom is 0.413 e. The van der Waals surface area contributed by atoms with Crippen LogP contribution in [-0.2, 0) is 19.1 Å². The second kappa shape index (κ2) is 11.8. The van der Waals surface area contributed by atoms with E-state index in [0.29, 0.717) is 16.3 Å². The van der Waals surface area contributed by atoms with Crippen LogP contribution in [0, 0.1) is 5.41 Å². The van der Waals surface area contributed by atoms with E-state index in [4.69, 9.17) is 10.1 Å². The Hall–Kier alpha value is -3.41. The Morgan fingerprint density at radius 2 is 1.74 bits per heavy atom. The monoisotopic (exact) mass is 505 g/mol. The van der Waals surface area contributed by atoms with Gasteiger partial charge in [0.05, 0.1) is 13.5 Å². The van der Waals surface area contributed by atoms with Gasteiger partial charge in [-0.2, -0.15) is 4.99 Å². The van der Waals surface area contributed by atoms with Crippen molar-refractivity contribution in [2.45, 2.75) is 51.0 Å². The van der Waals surface area contributed by atoms with Gasteiger partial charge in [0.25, 0.3) is 5.91 Å². The Morgan fingerprint density at radius 1 is 1.14 bits per heavy atom. The van der Waals surface area contributed by atoms with Gasteiger partial charge in [-0.25, -0.2) is 4.79 Å². The van der Waals surface area contributed by atoms with E-state index in [0.717, 1.165) is 0 Å². The average molecular weight is 506 g/mol. The number of nitrogens with zero attached hydrogens (tertiary/aromatic N) is 2. The number of thioether (sulfide) groups is 1. The van der Waals surface area contributed by atoms with Gasteiger partial charge in [0.2, 0.25) is 5.91 Å². The Balaban J connectivity index is 2.00. The van der Waals surface area contributed by atoms with Crippen molar-refractivity contribution in [2.24, 2.45) is 4.99 Å². The third-order valence-corrected chi connectivity index (χ3v) is 6.39. The van der Waals surface area contributed by atoms with Crippen molar-refractivity contribution < 1.29 is 28.7 Å². The zero-order chi connectivity index (χ0) is 26.3. The van der Waals surface area contributed by atoms with Crippen molar-refractivity contribution in [2.75, 3.05) is 20.7 Å². The van der Waals surface area contributed by atoms with E-state index in [2.05, 4.69) is 20.4 Å². The highest BCUT2D eigenvalue weighted by atomic mass is 32.2. The molecule has 0 aliphatic carbocycles. The standard InChI is InChI=1S/C23H31N5O6S/c1-13-17(20(31)25-12-11-16(29)33-6)35-21(28(13)5)27-19(30)15-9-7-14(8-10-15)18(24)26-22(32)34-23(2,3)4/h7-10,13,17H,11-12H2,1-6H3,(H,25,31)(H2,24,26,32). The lowest BCUT2D eigenvalue weighted by Gasteiger charge is -2.20. The number of nitrogens with one attached hydrogen (secondary N) is 3. The minimum atomic E-state index is -0.742. The Labute approximate surface area is 208 Å². The summed E-state index contributed by atoms with van der Waals surface area (Å²) in [4.78, 5) is 54.2. The van der Waals surface area contributed by atoms with Gasteiger partial charge >= 0.3 is 12.1 Å². The number of benzene rings is 1. The molecule has 0 bridgehead atoms. The highest BCUT2D eigenvalue weighted by Gasteiger charge is 2.39. The second-order valence-electron chi connectivity index (χ2n) is 8.79. The number of alkyl carbamates (subject to hydrolysis) is 1. The zero-order valence-electron chi connectivity index (χ0n) is 20.6. The summed E-state index contributed by atoms with van der Waals surface area (Å²) in [7, 11) is 3.03. The van der Waals surface area contributed by atoms with Crippen molar-refractivity contribution >= 4 is 46.6 Å². The molecular formula is C23H31N5O6S. The van der Waals surface area contributed by atoms with E-state index in [-0.39, 0.29) is 30.8 Å². The van der Waals surface area contributed by atoms with Crippen molar-refractivity contribution in [1.82, 2.24) is 15.5 Å². The largest absolute Gasteiger partial charge is 0.469 e. The van der Waals surface area contributed by atoms with Crippen LogP contribution in [-0.4, -0.2) is 77.4 Å². The number of methoxy groups -OCH3 is 1. The van der Waals surface area contributed by atoms with E-state index in [1.807, 2.05) is 6.92 Å². The van der Waals surface area contributed by atoms with E-state index in [1.165, 1.54) is 43.1 Å². The molecule has 0 spiro atoms. The molecule has 1 aromatic carbocycles. The molecule has 11 nitrogen and oxygen atoms in total. The SMILES string of the molecule is COC(=O)CCNC(=O)C1SC(=NC(=O)c2ccc(C(=N)NC(=O)OC(C)(C)C)cc2)N(C)C1C. The quantitative estimate of drug-likeness (QED) is 0.302. The summed E-state index contributed by atoms with van der Waals surface area (Å²) in [5.41, 5.74) is -0.00506. The number of amides is 3. The molecule has 0 saturated carbocycles. The Bertz CT molecular complexity index is 1020. The number of esters is 1. The van der Waals surface area contributed by atoms with Crippen LogP contribution in [0.2, 0.25) is 0 Å². The molecule has 1 aliphatic rings. The summed E-state index contributed by atoms with van der Waals surface area (Å²) in [6.07, 6.45) is -0.669. The minimum Gasteiger partial charge on any atom is -0.469 e. The van der Waals surface area contributed by atoms with Crippen LogP contribution in [0.15, 0.2) is 29.3 Å². The molecule has 0 radical (unpaired) electrons. The summed E-state index contributed by atoms with van der Waals surface area (Å²) < 4.78 is 9.69. The molecule has 2 unspecified atom stereocenters. The zero-order valence-corrected chi connectivity index (χ0v) is 21.4. The molecule has 1 saturated heterocycles. The molecule has 1 aliphatic heterocycles. The molecule has 3 amide bonds. The molecule has 190 valence electrons. The van der Waals surface area contributed by atoms with Gasteiger partial charge in [0, 0.05) is 30.8 Å². The van der Waals surface area contributed by atoms with Crippen LogP contribution in [0.3, 0.4) is 0 Å². The van der Waals surface area contributed by atoms with Crippen LogP contribution in [0.5, 0.6) is 0 Å². The maximum absolute atomic E-state index is 12.7. The Kier molecular flexibility index (Phi) is 9.40. The number of hydrogen-bond donors (Lipinski definition) is 3. The third kappa shape index (κ3) is 8.09. The first-order valence-electron chi connectivity index (χ1n) is 10.9. The number of ether oxygens (including phenoxy) is 2. The summed E-state index contributed by atoms with van der Waals surface area (Å²) in [5, 5.41) is 13.0. The Morgan fingerprint density at radius 3 is 2.31 bits per heavy atom. The maximum atomic E-state index is 12.7. The fraction of sp³-hybridized carbons (Fsp3) is 0.478. The van der Waals surface area contributed by atoms with E-state index < -0.39 is 28.8 Å². The molecule has 35 heavy (non-hydrogen) atoms. The summed E-state index contributed by atoms with van der Waals surface area (Å²) in [6, 6.07) is 5.85. The van der Waals surface area contributed by atoms with Gasteiger partial charge in [-0.05, 0) is 39.8 Å². The van der Waals surface area contributed by atoms with E-state index in [9.17, 15) is 19.2 Å². The number of amidine groups is 2. The molecule has 3 N–H and O–H groups in total. The molecule has 1 fully saturated rings. The van der Waals surface area contributed by atoms with Gasteiger partial charge < -0.3 is 19.7 Å². The van der Waals surface area contributed by atoms with Gasteiger partial charge in [-0.1, -0.05) is 23.9 Å². The molecule has 12 heteroatoms. The van der Waals surface area contributed by atoms with Crippen LogP contribution >= 0.6 is 11.8 Å². The third-order valence-electron chi connectivity index (χ3n) is 4.94. The number of hydrogen-bond acceptors (Lipinski definition) is 8. The number of aliphatic imine (C=N–C) groups is 1. The first-order chi connectivity index (χ1) is 16.3. The summed E-state index contributed by atoms with van der Waals surface area (Å²) in [5.74, 6) is -1.33. The molecule has 2 rings (SSSR count). The average Bonchev–Trinajstić information content (AvgIpc) is 3.06. The lowest BCUT2D eigenvalue weighted by molar-refractivity contribution is -0.140. The topological polar surface area (TPSA) is 150 Å². The predicted molar refractivity (Wildman–Crippen MR) is 133 cm³/mol. The summed E-state index contributed by atoms with van der Waals surface area (Å²) in [6.45, 7) is 7.17. The van der Waals surface area contributed by atoms with Crippen LogP contribution in [0.25, 0.3) is 0 Å². The predicted octanol–water partition coefficient (Wildman–Crippen LogP) is 2.15. The lowest BCUT2D eigenvalue weighted by Crippen LogP contribution is -2.41. The fourth-order valence-corrected chi connectivity index (χ4v) is 4.21. The van der Waals surface area contributed by atoms with Crippen LogP contribution in [0.1, 0.15) is 50.0 Å². The fourth-order valence-electron chi connectivity index (χ4n) is 2.95. The smallest absolute Gasteiger partial charge is 0.413 e. The van der Waals surface area contributed by atoms with Gasteiger partial charge in [0.1, 0.15) is 16.7 Å². The number of carbonyl (C=O) groups is 4. The molecule has 1 heterocycles. The van der Waals surface area contributed by atoms with E-state index in [1.54, 1.807) is 32.7 Å². The first-order valence-corrected chi connectivity index (χ1v) is 11.8. The normalized spacial score (nSPS) is 18.7. The second-order valence-corrected chi connectivity index (χ2v) is 9.89. The molecule has 1 aromatic rings. The number of carbonyl (C=O) groups excluding carboxylic acids is 4. The van der Waals surface area contributed by atoms with Crippen molar-refractivity contribution in [3.05, 3.63) is 35.4 Å². The first kappa shape index (κ1) is 27.8. The summed E-state index contributed by atoms with van der Waals surface area (Å²) >= 11 is 1.17. The molecular weight excluding hydrogens is 474 g/mol. The molecule has 0 aromatic heterocycles. The van der Waals surface area contributed by atoms with Crippen molar-refractivity contribution in [3.8, 4) is 0 Å². The van der Waals surface area contributed by atoms with Gasteiger partial charge in [0.15, 0.2) is 5.17 Å². The van der Waals surface area contributed by atoms with Gasteiger partial charge in [-0.15, -0.1) is 0 Å². The lowest BCUT2D eigenvalue weighted by atomic mass is 10.1. The van der Waals surface area contributed by atoms with Crippen LogP contribution < -0.4 is 10.6 Å². The van der Waals surface area contributed by atoms with Crippen molar-refractivity contribution in [3.63, 3.8) is 0 Å². The van der Waals surface area contributed by atoms with Gasteiger partial charge in [-0.3, -0.25) is 25.1 Å². The van der Waals surface area contributed by atoms with E-state index >= 15 is 0 Å². The minimum absolute atomic E-state index is 0.0734. The highest BCUT2D eigenvalue weighted by molar-refractivity contribution is 8.15. The van der Waals surface area contributed by atoms with Crippen LogP contribution in [0.4, 0.5) is 4.79 Å².